The number of likely N-dealkylation sites (N-methyl/N-ethyl adjacent to an activating group) is 1. The number of benzene rings is 3. The number of imide groups is 1. The first-order valence-corrected chi connectivity index (χ1v) is 10.5. The summed E-state index contributed by atoms with van der Waals surface area (Å²) in [5.41, 5.74) is 1.86. The van der Waals surface area contributed by atoms with E-state index in [9.17, 15) is 14.4 Å². The van der Waals surface area contributed by atoms with E-state index in [1.54, 1.807) is 42.5 Å². The fraction of sp³-hybridized carbons (Fsp3) is 0.208. The Balaban J connectivity index is 1.42. The average molecular weight is 446 g/mol. The number of nitrogens with one attached hydrogen (secondary N) is 2. The molecule has 0 bridgehead atoms. The Morgan fingerprint density at radius 3 is 2.52 bits per heavy atom. The molecule has 9 heteroatoms. The first kappa shape index (κ1) is 20.8. The minimum atomic E-state index is -0.472. The molecule has 33 heavy (non-hydrogen) atoms. The van der Waals surface area contributed by atoms with Crippen molar-refractivity contribution in [1.82, 2.24) is 9.80 Å². The third kappa shape index (κ3) is 3.83. The molecule has 0 radical (unpaired) electrons. The van der Waals surface area contributed by atoms with E-state index in [4.69, 9.17) is 9.47 Å². The molecule has 3 aromatic rings. The number of anilines is 2. The van der Waals surface area contributed by atoms with Crippen LogP contribution in [0.25, 0.3) is 10.8 Å². The third-order valence-electron chi connectivity index (χ3n) is 5.59. The van der Waals surface area contributed by atoms with E-state index in [1.165, 1.54) is 4.90 Å². The van der Waals surface area contributed by atoms with E-state index in [0.717, 1.165) is 0 Å². The highest BCUT2D eigenvalue weighted by Gasteiger charge is 2.33. The van der Waals surface area contributed by atoms with Crippen LogP contribution in [0, 0.1) is 0 Å². The number of hydrogen-bond donors (Lipinski definition) is 2. The summed E-state index contributed by atoms with van der Waals surface area (Å²) in [4.78, 5) is 42.0. The highest BCUT2D eigenvalue weighted by atomic mass is 16.7. The van der Waals surface area contributed by atoms with Gasteiger partial charge in [0.05, 0.1) is 5.56 Å². The Bertz CT molecular complexity index is 1300. The maximum absolute atomic E-state index is 13.2. The Morgan fingerprint density at radius 1 is 0.939 bits per heavy atom. The van der Waals surface area contributed by atoms with Gasteiger partial charge in [0.15, 0.2) is 11.5 Å². The van der Waals surface area contributed by atoms with Gasteiger partial charge >= 0.3 is 6.03 Å². The lowest BCUT2D eigenvalue weighted by Crippen LogP contribution is -2.43. The van der Waals surface area contributed by atoms with Crippen molar-refractivity contribution < 1.29 is 23.9 Å². The predicted octanol–water partition coefficient (Wildman–Crippen LogP) is 3.37. The molecule has 4 amide bonds. The normalized spacial score (nSPS) is 14.2. The molecule has 0 atom stereocenters. The summed E-state index contributed by atoms with van der Waals surface area (Å²) in [5.74, 6) is 0.507. The number of carbonyl (C=O) groups is 3. The number of amides is 4. The second kappa shape index (κ2) is 8.10. The van der Waals surface area contributed by atoms with E-state index in [1.807, 2.05) is 25.1 Å². The third-order valence-corrected chi connectivity index (χ3v) is 5.59. The molecule has 5 rings (SSSR count). The zero-order chi connectivity index (χ0) is 23.1. The van der Waals surface area contributed by atoms with E-state index in [2.05, 4.69) is 10.6 Å². The van der Waals surface area contributed by atoms with Gasteiger partial charge in [-0.05, 0) is 49.8 Å². The summed E-state index contributed by atoms with van der Waals surface area (Å²) >= 11 is 0. The smallest absolute Gasteiger partial charge is 0.323 e. The van der Waals surface area contributed by atoms with Crippen molar-refractivity contribution in [1.29, 1.82) is 0 Å². The van der Waals surface area contributed by atoms with Gasteiger partial charge in [-0.3, -0.25) is 14.5 Å². The van der Waals surface area contributed by atoms with Crippen LogP contribution < -0.4 is 20.1 Å². The molecule has 0 aliphatic carbocycles. The van der Waals surface area contributed by atoms with Gasteiger partial charge in [0.25, 0.3) is 11.8 Å². The Kier molecular flexibility index (Phi) is 5.10. The van der Waals surface area contributed by atoms with Crippen LogP contribution in [0.15, 0.2) is 48.5 Å². The van der Waals surface area contributed by atoms with Crippen LogP contribution in [0.2, 0.25) is 0 Å². The zero-order valence-electron chi connectivity index (χ0n) is 18.2. The minimum Gasteiger partial charge on any atom is -0.454 e. The largest absolute Gasteiger partial charge is 0.454 e. The number of ether oxygens (including phenoxy) is 2. The van der Waals surface area contributed by atoms with E-state index in [0.29, 0.717) is 51.3 Å². The molecule has 0 spiro atoms. The first-order chi connectivity index (χ1) is 15.9. The van der Waals surface area contributed by atoms with Crippen LogP contribution >= 0.6 is 0 Å². The second-order valence-corrected chi connectivity index (χ2v) is 8.14. The first-order valence-electron chi connectivity index (χ1n) is 10.5. The lowest BCUT2D eigenvalue weighted by Gasteiger charge is -2.28. The van der Waals surface area contributed by atoms with Gasteiger partial charge in [0.2, 0.25) is 6.79 Å². The van der Waals surface area contributed by atoms with Crippen LogP contribution in [0.5, 0.6) is 11.5 Å². The molecular weight excluding hydrogens is 424 g/mol. The molecule has 2 N–H and O–H groups in total. The average Bonchev–Trinajstić information content (AvgIpc) is 3.24. The molecule has 2 aliphatic rings. The summed E-state index contributed by atoms with van der Waals surface area (Å²) in [7, 11) is 3.77. The van der Waals surface area contributed by atoms with Gasteiger partial charge in [-0.25, -0.2) is 4.79 Å². The number of nitrogens with zero attached hydrogens (tertiary/aromatic N) is 2. The van der Waals surface area contributed by atoms with Crippen LogP contribution in [0.3, 0.4) is 0 Å². The number of fused-ring (bicyclic) bond motifs is 1. The zero-order valence-corrected chi connectivity index (χ0v) is 18.2. The van der Waals surface area contributed by atoms with Gasteiger partial charge in [0, 0.05) is 41.5 Å². The molecule has 9 nitrogen and oxygen atoms in total. The molecule has 0 saturated heterocycles. The van der Waals surface area contributed by atoms with Crippen molar-refractivity contribution in [2.75, 3.05) is 44.6 Å². The van der Waals surface area contributed by atoms with Crippen LogP contribution in [-0.4, -0.2) is 61.6 Å². The lowest BCUT2D eigenvalue weighted by molar-refractivity contribution is 0.0601. The number of hydrogen-bond acceptors (Lipinski definition) is 6. The summed E-state index contributed by atoms with van der Waals surface area (Å²) in [6.45, 7) is 0.982. The monoisotopic (exact) mass is 446 g/mol. The lowest BCUT2D eigenvalue weighted by atomic mass is 9.93. The van der Waals surface area contributed by atoms with Crippen molar-refractivity contribution in [3.63, 3.8) is 0 Å². The topological polar surface area (TPSA) is 100 Å². The Hall–Kier alpha value is -4.11. The predicted molar refractivity (Wildman–Crippen MR) is 123 cm³/mol. The molecular formula is C24H22N4O5. The van der Waals surface area contributed by atoms with E-state index >= 15 is 0 Å². The minimum absolute atomic E-state index is 0.148. The van der Waals surface area contributed by atoms with E-state index < -0.39 is 6.03 Å². The van der Waals surface area contributed by atoms with Crippen molar-refractivity contribution in [2.24, 2.45) is 0 Å². The highest BCUT2D eigenvalue weighted by Crippen LogP contribution is 2.35. The van der Waals surface area contributed by atoms with Gasteiger partial charge in [-0.15, -0.1) is 0 Å². The molecule has 0 unspecified atom stereocenters. The maximum atomic E-state index is 13.2. The van der Waals surface area contributed by atoms with Gasteiger partial charge in [-0.2, -0.15) is 0 Å². The fourth-order valence-corrected chi connectivity index (χ4v) is 4.00. The number of carbonyl (C=O) groups excluding carboxylic acids is 3. The molecule has 0 fully saturated rings. The maximum Gasteiger partial charge on any atom is 0.323 e. The summed E-state index contributed by atoms with van der Waals surface area (Å²) in [6, 6.07) is 13.3. The fourth-order valence-electron chi connectivity index (χ4n) is 4.00. The number of urea groups is 1. The van der Waals surface area contributed by atoms with Crippen molar-refractivity contribution >= 4 is 40.0 Å². The Labute approximate surface area is 189 Å². The molecule has 0 saturated carbocycles. The quantitative estimate of drug-likeness (QED) is 0.583. The Morgan fingerprint density at radius 2 is 1.70 bits per heavy atom. The van der Waals surface area contributed by atoms with Crippen molar-refractivity contribution in [2.45, 2.75) is 0 Å². The van der Waals surface area contributed by atoms with Gasteiger partial charge in [-0.1, -0.05) is 12.1 Å². The number of rotatable bonds is 5. The summed E-state index contributed by atoms with van der Waals surface area (Å²) in [6.07, 6.45) is 0. The van der Waals surface area contributed by atoms with Gasteiger partial charge < -0.3 is 25.0 Å². The molecule has 0 aromatic heterocycles. The standard InChI is InChI=1S/C24H22N4O5/c1-27(2)8-9-28-22(29)17-5-3-4-14-10-16(11-18(21(14)17)23(28)30)26-24(31)25-15-6-7-19-20(12-15)33-13-32-19/h3-7,10-12H,8-9,13H2,1-2H3,(H2,25,26,31). The highest BCUT2D eigenvalue weighted by molar-refractivity contribution is 6.26. The van der Waals surface area contributed by atoms with Crippen molar-refractivity contribution in [3.05, 3.63) is 59.7 Å². The van der Waals surface area contributed by atoms with Crippen LogP contribution in [-0.2, 0) is 0 Å². The van der Waals surface area contributed by atoms with Gasteiger partial charge in [0.1, 0.15) is 0 Å². The van der Waals surface area contributed by atoms with Crippen LogP contribution in [0.1, 0.15) is 20.7 Å². The SMILES string of the molecule is CN(C)CCN1C(=O)c2cccc3cc(NC(=O)Nc4ccc5c(c4)OCO5)cc(c23)C1=O. The van der Waals surface area contributed by atoms with E-state index in [-0.39, 0.29) is 25.2 Å². The molecule has 168 valence electrons. The van der Waals surface area contributed by atoms with Crippen LogP contribution in [0.4, 0.5) is 16.2 Å². The molecule has 2 heterocycles. The summed E-state index contributed by atoms with van der Waals surface area (Å²) in [5, 5.41) is 6.84. The summed E-state index contributed by atoms with van der Waals surface area (Å²) < 4.78 is 10.6. The molecule has 3 aromatic carbocycles. The second-order valence-electron chi connectivity index (χ2n) is 8.14. The van der Waals surface area contributed by atoms with Crippen molar-refractivity contribution in [3.8, 4) is 11.5 Å². The molecule has 2 aliphatic heterocycles.